The minimum Gasteiger partial charge on any atom is -0.328 e. The average Bonchev–Trinajstić information content (AvgIpc) is 3.01. The van der Waals surface area contributed by atoms with Gasteiger partial charge < -0.3 is 9.80 Å². The second kappa shape index (κ2) is 8.38. The third-order valence-corrected chi connectivity index (χ3v) is 5.70. The topological polar surface area (TPSA) is 12.0 Å². The largest absolute Gasteiger partial charge is 0.328 e. The van der Waals surface area contributed by atoms with Gasteiger partial charge in [0, 0.05) is 11.8 Å². The zero-order valence-electron chi connectivity index (χ0n) is 14.9. The molecule has 2 saturated heterocycles. The predicted molar refractivity (Wildman–Crippen MR) is 89.8 cm³/mol. The predicted octanol–water partition coefficient (Wildman–Crippen LogP) is 3.77. The molecule has 2 heteroatoms. The number of nitrogens with one attached hydrogen (secondary N) is 1. The molecular weight excluding hydrogens is 244 g/mol. The fraction of sp³-hybridized carbons (Fsp3) is 1.00. The maximum atomic E-state index is 3.42. The zero-order valence-corrected chi connectivity index (χ0v) is 14.9. The Labute approximate surface area is 127 Å². The number of nitrogens with zero attached hydrogens (tertiary/aromatic N) is 1. The summed E-state index contributed by atoms with van der Waals surface area (Å²) in [4.78, 5) is 0. The molecule has 2 aliphatic heterocycles. The van der Waals surface area contributed by atoms with E-state index in [9.17, 15) is 0 Å². The molecule has 2 fully saturated rings. The summed E-state index contributed by atoms with van der Waals surface area (Å²) in [5.74, 6) is 3.93. The Balaban J connectivity index is 0.000000204. The van der Waals surface area contributed by atoms with E-state index in [2.05, 4.69) is 47.1 Å². The number of hydrogen-bond donors (Lipinski definition) is 1. The number of quaternary nitrogens is 1. The zero-order chi connectivity index (χ0) is 15.2. The molecule has 2 aliphatic rings. The number of likely N-dealkylation sites (tertiary alicyclic amines) is 1. The van der Waals surface area contributed by atoms with Crippen molar-refractivity contribution in [3.63, 3.8) is 0 Å². The van der Waals surface area contributed by atoms with Gasteiger partial charge in [-0.1, -0.05) is 40.5 Å². The lowest BCUT2D eigenvalue weighted by Crippen LogP contribution is -2.36. The summed E-state index contributed by atoms with van der Waals surface area (Å²) in [5, 5.41) is 3.42. The lowest BCUT2D eigenvalue weighted by Gasteiger charge is -2.23. The monoisotopic (exact) mass is 283 g/mol. The van der Waals surface area contributed by atoms with Crippen molar-refractivity contribution in [3.05, 3.63) is 0 Å². The molecule has 0 aromatic rings. The van der Waals surface area contributed by atoms with Gasteiger partial charge in [0.15, 0.2) is 0 Å². The third kappa shape index (κ3) is 5.04. The highest BCUT2D eigenvalue weighted by Crippen LogP contribution is 2.31. The quantitative estimate of drug-likeness (QED) is 0.775. The molecule has 20 heavy (non-hydrogen) atoms. The van der Waals surface area contributed by atoms with Gasteiger partial charge in [0.1, 0.15) is 0 Å². The van der Waals surface area contributed by atoms with Crippen LogP contribution in [-0.2, 0) is 0 Å². The Morgan fingerprint density at radius 2 is 1.05 bits per heavy atom. The van der Waals surface area contributed by atoms with Crippen molar-refractivity contribution in [1.29, 1.82) is 0 Å². The molecule has 4 atom stereocenters. The van der Waals surface area contributed by atoms with E-state index in [0.717, 1.165) is 23.7 Å². The van der Waals surface area contributed by atoms with Crippen molar-refractivity contribution in [3.8, 4) is 0 Å². The lowest BCUT2D eigenvalue weighted by molar-refractivity contribution is -0.880. The van der Waals surface area contributed by atoms with Crippen LogP contribution in [0.5, 0.6) is 0 Å². The van der Waals surface area contributed by atoms with Crippen LogP contribution in [0.3, 0.4) is 0 Å². The van der Waals surface area contributed by atoms with Crippen LogP contribution in [0, 0.1) is 23.7 Å². The Bertz CT molecular complexity index is 238. The number of rotatable bonds is 4. The normalized spacial score (nSPS) is 35.7. The van der Waals surface area contributed by atoms with E-state index in [1.807, 2.05) is 0 Å². The summed E-state index contributed by atoms with van der Waals surface area (Å²) in [7, 11) is 4.72. The van der Waals surface area contributed by atoms with Crippen LogP contribution in [0.4, 0.5) is 0 Å². The first-order valence-corrected chi connectivity index (χ1v) is 9.00. The van der Waals surface area contributed by atoms with E-state index >= 15 is 0 Å². The first-order chi connectivity index (χ1) is 9.47. The summed E-state index contributed by atoms with van der Waals surface area (Å²) < 4.78 is 1.25. The summed E-state index contributed by atoms with van der Waals surface area (Å²) in [6.07, 6.45) is 5.46. The Morgan fingerprint density at radius 3 is 1.35 bits per heavy atom. The van der Waals surface area contributed by atoms with Crippen LogP contribution >= 0.6 is 0 Å². The maximum absolute atomic E-state index is 3.42. The van der Waals surface area contributed by atoms with Crippen LogP contribution in [0.2, 0.25) is 0 Å². The van der Waals surface area contributed by atoms with Crippen LogP contribution in [0.1, 0.15) is 53.4 Å². The molecule has 0 saturated carbocycles. The standard InChI is InChI=1S/C10H22N.C8H17N/c1-5-9-7-11(3,4)8-10(9)6-2;1-3-7-5-9-6-8(7)4-2/h9-10H,5-8H2,1-4H3;7-9H,3-6H2,1-2H3/q+1;. The van der Waals surface area contributed by atoms with Gasteiger partial charge >= 0.3 is 0 Å². The van der Waals surface area contributed by atoms with Crippen LogP contribution < -0.4 is 5.32 Å². The molecule has 2 heterocycles. The highest BCUT2D eigenvalue weighted by atomic mass is 15.3. The van der Waals surface area contributed by atoms with Gasteiger partial charge in [-0.05, 0) is 37.8 Å². The minimum atomic E-state index is 0.968. The van der Waals surface area contributed by atoms with Crippen molar-refractivity contribution < 1.29 is 4.48 Å². The van der Waals surface area contributed by atoms with Crippen molar-refractivity contribution in [2.75, 3.05) is 40.3 Å². The fourth-order valence-electron chi connectivity index (χ4n) is 4.31. The SMILES string of the molecule is CCC1CNCC1CC.CCC1C[N+](C)(C)CC1CC. The van der Waals surface area contributed by atoms with E-state index in [0.29, 0.717) is 0 Å². The molecule has 0 radical (unpaired) electrons. The van der Waals surface area contributed by atoms with Crippen molar-refractivity contribution >= 4 is 0 Å². The van der Waals surface area contributed by atoms with Crippen molar-refractivity contribution in [2.45, 2.75) is 53.4 Å². The molecule has 0 aromatic carbocycles. The number of hydrogen-bond acceptors (Lipinski definition) is 1. The molecule has 1 N–H and O–H groups in total. The highest BCUT2D eigenvalue weighted by Gasteiger charge is 2.37. The van der Waals surface area contributed by atoms with Gasteiger partial charge in [-0.2, -0.15) is 0 Å². The Hall–Kier alpha value is -0.0800. The minimum absolute atomic E-state index is 0.968. The molecular formula is C18H39N2+. The van der Waals surface area contributed by atoms with Crippen LogP contribution in [0.25, 0.3) is 0 Å². The van der Waals surface area contributed by atoms with Gasteiger partial charge in [-0.3, -0.25) is 0 Å². The van der Waals surface area contributed by atoms with Crippen molar-refractivity contribution in [2.24, 2.45) is 23.7 Å². The molecule has 2 rings (SSSR count). The fourth-order valence-corrected chi connectivity index (χ4v) is 4.31. The molecule has 0 amide bonds. The molecule has 120 valence electrons. The van der Waals surface area contributed by atoms with Gasteiger partial charge in [0.25, 0.3) is 0 Å². The van der Waals surface area contributed by atoms with Gasteiger partial charge in [-0.15, -0.1) is 0 Å². The van der Waals surface area contributed by atoms with Crippen LogP contribution in [-0.4, -0.2) is 44.8 Å². The van der Waals surface area contributed by atoms with Crippen LogP contribution in [0.15, 0.2) is 0 Å². The molecule has 0 aliphatic carbocycles. The van der Waals surface area contributed by atoms with Gasteiger partial charge in [0.2, 0.25) is 0 Å². The first-order valence-electron chi connectivity index (χ1n) is 9.00. The maximum Gasteiger partial charge on any atom is 0.0815 e. The van der Waals surface area contributed by atoms with E-state index in [1.54, 1.807) is 0 Å². The summed E-state index contributed by atoms with van der Waals surface area (Å²) in [6, 6.07) is 0. The molecule has 4 unspecified atom stereocenters. The van der Waals surface area contributed by atoms with E-state index < -0.39 is 0 Å². The third-order valence-electron chi connectivity index (χ3n) is 5.70. The van der Waals surface area contributed by atoms with E-state index in [4.69, 9.17) is 0 Å². The molecule has 2 nitrogen and oxygen atoms in total. The second-order valence-electron chi connectivity index (χ2n) is 7.63. The summed E-state index contributed by atoms with van der Waals surface area (Å²) in [6.45, 7) is 14.6. The van der Waals surface area contributed by atoms with E-state index in [-0.39, 0.29) is 0 Å². The molecule has 0 bridgehead atoms. The molecule has 0 aromatic heterocycles. The van der Waals surface area contributed by atoms with Gasteiger partial charge in [-0.25, -0.2) is 0 Å². The van der Waals surface area contributed by atoms with E-state index in [1.165, 1.54) is 56.3 Å². The van der Waals surface area contributed by atoms with Crippen molar-refractivity contribution in [1.82, 2.24) is 5.32 Å². The lowest BCUT2D eigenvalue weighted by atomic mass is 9.92. The first kappa shape index (κ1) is 18.0. The van der Waals surface area contributed by atoms with Gasteiger partial charge in [0.05, 0.1) is 27.2 Å². The average molecular weight is 284 g/mol. The highest BCUT2D eigenvalue weighted by molar-refractivity contribution is 4.78. The summed E-state index contributed by atoms with van der Waals surface area (Å²) in [5.41, 5.74) is 0. The second-order valence-corrected chi connectivity index (χ2v) is 7.63. The summed E-state index contributed by atoms with van der Waals surface area (Å²) >= 11 is 0. The molecule has 0 spiro atoms. The Morgan fingerprint density at radius 1 is 0.700 bits per heavy atom. The Kier molecular flexibility index (Phi) is 7.53. The smallest absolute Gasteiger partial charge is 0.0815 e.